The average molecular weight is 354 g/mol. The Kier molecular flexibility index (Phi) is 3.83. The van der Waals surface area contributed by atoms with Crippen molar-refractivity contribution in [1.82, 2.24) is 5.32 Å². The van der Waals surface area contributed by atoms with Crippen LogP contribution in [0.1, 0.15) is 42.1 Å². The van der Waals surface area contributed by atoms with Crippen LogP contribution in [0.25, 0.3) is 0 Å². The van der Waals surface area contributed by atoms with E-state index in [0.29, 0.717) is 6.07 Å². The molecule has 1 saturated carbocycles. The highest BCUT2D eigenvalue weighted by molar-refractivity contribution is 9.10. The van der Waals surface area contributed by atoms with Crippen LogP contribution in [0.15, 0.2) is 16.6 Å². The van der Waals surface area contributed by atoms with E-state index in [1.54, 1.807) is 6.92 Å². The Morgan fingerprint density at radius 1 is 1.35 bits per heavy atom. The van der Waals surface area contributed by atoms with Crippen molar-refractivity contribution in [3.63, 3.8) is 0 Å². The summed E-state index contributed by atoms with van der Waals surface area (Å²) in [4.78, 5) is 12.0. The highest BCUT2D eigenvalue weighted by atomic mass is 79.9. The zero-order valence-electron chi connectivity index (χ0n) is 10.6. The van der Waals surface area contributed by atoms with Crippen LogP contribution >= 0.6 is 15.9 Å². The molecule has 1 aromatic rings. The second-order valence-corrected chi connectivity index (χ2v) is 6.00. The van der Waals surface area contributed by atoms with E-state index in [-0.39, 0.29) is 4.47 Å². The maximum Gasteiger partial charge on any atom is 0.419 e. The van der Waals surface area contributed by atoms with Gasteiger partial charge in [0.05, 0.1) is 11.1 Å². The van der Waals surface area contributed by atoms with Gasteiger partial charge in [-0.2, -0.15) is 13.2 Å². The Labute approximate surface area is 121 Å². The van der Waals surface area contributed by atoms with Gasteiger partial charge in [-0.25, -0.2) is 4.39 Å². The summed E-state index contributed by atoms with van der Waals surface area (Å²) >= 11 is 2.93. The molecule has 1 N–H and O–H groups in total. The van der Waals surface area contributed by atoms with Crippen LogP contribution < -0.4 is 5.32 Å². The van der Waals surface area contributed by atoms with E-state index in [9.17, 15) is 22.4 Å². The van der Waals surface area contributed by atoms with Gasteiger partial charge < -0.3 is 5.32 Å². The molecule has 20 heavy (non-hydrogen) atoms. The number of amides is 1. The summed E-state index contributed by atoms with van der Waals surface area (Å²) in [7, 11) is 0. The van der Waals surface area contributed by atoms with Gasteiger partial charge in [0, 0.05) is 10.0 Å². The van der Waals surface area contributed by atoms with Crippen molar-refractivity contribution in [2.45, 2.75) is 37.9 Å². The number of hydrogen-bond acceptors (Lipinski definition) is 1. The molecule has 0 saturated heterocycles. The van der Waals surface area contributed by atoms with Crippen LogP contribution in [0.5, 0.6) is 0 Å². The summed E-state index contributed by atoms with van der Waals surface area (Å²) in [6.45, 7) is 1.79. The third kappa shape index (κ3) is 2.82. The summed E-state index contributed by atoms with van der Waals surface area (Å²) in [6.07, 6.45) is -2.43. The molecular weight excluding hydrogens is 342 g/mol. The zero-order chi connectivity index (χ0) is 15.1. The SMILES string of the molecule is CC1(NC(=O)c2c(Br)ccc(C(F)(F)F)c2F)CCC1. The second kappa shape index (κ2) is 5.02. The van der Waals surface area contributed by atoms with Gasteiger partial charge in [-0.15, -0.1) is 0 Å². The zero-order valence-corrected chi connectivity index (χ0v) is 12.2. The Bertz CT molecular complexity index is 552. The maximum atomic E-state index is 14.0. The highest BCUT2D eigenvalue weighted by Crippen LogP contribution is 2.36. The first kappa shape index (κ1) is 15.3. The molecule has 1 aromatic carbocycles. The highest BCUT2D eigenvalue weighted by Gasteiger charge is 2.38. The summed E-state index contributed by atoms with van der Waals surface area (Å²) in [5, 5.41) is 2.59. The van der Waals surface area contributed by atoms with Crippen LogP contribution in [0.3, 0.4) is 0 Å². The third-order valence-corrected chi connectivity index (χ3v) is 4.16. The second-order valence-electron chi connectivity index (χ2n) is 5.15. The van der Waals surface area contributed by atoms with Crippen LogP contribution in [-0.4, -0.2) is 11.4 Å². The topological polar surface area (TPSA) is 29.1 Å². The van der Waals surface area contributed by atoms with Gasteiger partial charge in [-0.3, -0.25) is 4.79 Å². The van der Waals surface area contributed by atoms with Crippen LogP contribution in [0, 0.1) is 5.82 Å². The van der Waals surface area contributed by atoms with Gasteiger partial charge in [-0.05, 0) is 54.2 Å². The minimum Gasteiger partial charge on any atom is -0.347 e. The first-order chi connectivity index (χ1) is 9.14. The van der Waals surface area contributed by atoms with Gasteiger partial charge in [0.1, 0.15) is 5.82 Å². The van der Waals surface area contributed by atoms with E-state index in [2.05, 4.69) is 21.2 Å². The average Bonchev–Trinajstić information content (AvgIpc) is 2.24. The molecule has 0 unspecified atom stereocenters. The van der Waals surface area contributed by atoms with Crippen molar-refractivity contribution < 1.29 is 22.4 Å². The van der Waals surface area contributed by atoms with E-state index < -0.39 is 34.6 Å². The van der Waals surface area contributed by atoms with Crippen molar-refractivity contribution in [3.05, 3.63) is 33.5 Å². The molecule has 110 valence electrons. The summed E-state index contributed by atoms with van der Waals surface area (Å²) in [6, 6.07) is 1.64. The molecule has 0 heterocycles. The van der Waals surface area contributed by atoms with Crippen LogP contribution in [-0.2, 0) is 6.18 Å². The summed E-state index contributed by atoms with van der Waals surface area (Å²) in [5.74, 6) is -2.38. The molecule has 0 bridgehead atoms. The van der Waals surface area contributed by atoms with Gasteiger partial charge in [0.25, 0.3) is 5.91 Å². The first-order valence-electron chi connectivity index (χ1n) is 6.02. The standard InChI is InChI=1S/C13H12BrF4NO/c1-12(5-2-6-12)19-11(20)9-8(14)4-3-7(10(9)15)13(16,17)18/h3-4H,2,5-6H2,1H3,(H,19,20). The molecule has 1 fully saturated rings. The molecule has 0 aromatic heterocycles. The molecule has 7 heteroatoms. The van der Waals surface area contributed by atoms with Crippen molar-refractivity contribution in [3.8, 4) is 0 Å². The van der Waals surface area contributed by atoms with Crippen LogP contribution in [0.2, 0.25) is 0 Å². The smallest absolute Gasteiger partial charge is 0.347 e. The normalized spacial score (nSPS) is 17.5. The van der Waals surface area contributed by atoms with E-state index in [0.717, 1.165) is 25.3 Å². The molecule has 0 spiro atoms. The molecule has 1 aliphatic rings. The van der Waals surface area contributed by atoms with Gasteiger partial charge in [-0.1, -0.05) is 0 Å². The van der Waals surface area contributed by atoms with Crippen molar-refractivity contribution >= 4 is 21.8 Å². The molecular formula is C13H12BrF4NO. The molecule has 0 aliphatic heterocycles. The fourth-order valence-electron chi connectivity index (χ4n) is 2.15. The van der Waals surface area contributed by atoms with E-state index in [1.807, 2.05) is 0 Å². The number of carbonyl (C=O) groups excluding carboxylic acids is 1. The van der Waals surface area contributed by atoms with Gasteiger partial charge in [0.15, 0.2) is 0 Å². The lowest BCUT2D eigenvalue weighted by molar-refractivity contribution is -0.140. The molecule has 0 atom stereocenters. The van der Waals surface area contributed by atoms with Crippen molar-refractivity contribution in [2.24, 2.45) is 0 Å². The van der Waals surface area contributed by atoms with Gasteiger partial charge in [0.2, 0.25) is 0 Å². The van der Waals surface area contributed by atoms with Gasteiger partial charge >= 0.3 is 6.18 Å². The maximum absolute atomic E-state index is 14.0. The van der Waals surface area contributed by atoms with E-state index >= 15 is 0 Å². The summed E-state index contributed by atoms with van der Waals surface area (Å²) < 4.78 is 51.9. The lowest BCUT2D eigenvalue weighted by atomic mass is 9.78. The molecule has 2 rings (SSSR count). The Morgan fingerprint density at radius 3 is 2.40 bits per heavy atom. The Hall–Kier alpha value is -1.11. The monoisotopic (exact) mass is 353 g/mol. The number of hydrogen-bond donors (Lipinski definition) is 1. The van der Waals surface area contributed by atoms with Crippen molar-refractivity contribution in [1.29, 1.82) is 0 Å². The first-order valence-corrected chi connectivity index (χ1v) is 6.81. The molecule has 0 radical (unpaired) electrons. The van der Waals surface area contributed by atoms with E-state index in [4.69, 9.17) is 0 Å². The fraction of sp³-hybridized carbons (Fsp3) is 0.462. The van der Waals surface area contributed by atoms with Crippen LogP contribution in [0.4, 0.5) is 17.6 Å². The summed E-state index contributed by atoms with van der Waals surface area (Å²) in [5.41, 5.74) is -2.51. The Morgan fingerprint density at radius 2 is 1.95 bits per heavy atom. The lowest BCUT2D eigenvalue weighted by Gasteiger charge is -2.39. The lowest BCUT2D eigenvalue weighted by Crippen LogP contribution is -2.51. The molecule has 1 amide bonds. The number of alkyl halides is 3. The minimum absolute atomic E-state index is 0.00317. The largest absolute Gasteiger partial charge is 0.419 e. The minimum atomic E-state index is -4.83. The predicted molar refractivity (Wildman–Crippen MR) is 68.8 cm³/mol. The van der Waals surface area contributed by atoms with E-state index in [1.165, 1.54) is 0 Å². The number of rotatable bonds is 2. The number of carbonyl (C=O) groups is 1. The van der Waals surface area contributed by atoms with Crippen molar-refractivity contribution in [2.75, 3.05) is 0 Å². The predicted octanol–water partition coefficient (Wildman–Crippen LogP) is 4.28. The number of benzene rings is 1. The Balaban J connectivity index is 2.38. The quantitative estimate of drug-likeness (QED) is 0.790. The number of nitrogens with one attached hydrogen (secondary N) is 1. The molecule has 2 nitrogen and oxygen atoms in total. The number of halogens is 5. The fourth-order valence-corrected chi connectivity index (χ4v) is 2.63. The molecule has 1 aliphatic carbocycles. The third-order valence-electron chi connectivity index (χ3n) is 3.50.